The van der Waals surface area contributed by atoms with Crippen LogP contribution in [0.25, 0.3) is 0 Å². The van der Waals surface area contributed by atoms with Gasteiger partial charge in [0.2, 0.25) is 0 Å². The summed E-state index contributed by atoms with van der Waals surface area (Å²) < 4.78 is 2.09. The van der Waals surface area contributed by atoms with Crippen molar-refractivity contribution in [2.75, 3.05) is 6.54 Å². The van der Waals surface area contributed by atoms with Crippen LogP contribution in [0.2, 0.25) is 0 Å². The highest BCUT2D eigenvalue weighted by molar-refractivity contribution is 7.13. The topological polar surface area (TPSA) is 20.3 Å². The van der Waals surface area contributed by atoms with Crippen LogP contribution < -0.4 is 0 Å². The zero-order chi connectivity index (χ0) is 7.30. The fourth-order valence-electron chi connectivity index (χ4n) is 2.19. The van der Waals surface area contributed by atoms with E-state index in [1.54, 1.807) is 0 Å². The molecule has 1 saturated carbocycles. The van der Waals surface area contributed by atoms with E-state index in [1.165, 1.54) is 0 Å². The molecule has 2 aliphatic rings. The molecule has 0 radical (unpaired) electrons. The first-order chi connectivity index (χ1) is 4.75. The summed E-state index contributed by atoms with van der Waals surface area (Å²) in [4.78, 5) is 10.5. The number of piperidine rings is 1. The van der Waals surface area contributed by atoms with Gasteiger partial charge in [0.1, 0.15) is 6.29 Å². The molecule has 1 aliphatic carbocycles. The highest BCUT2D eigenvalue weighted by Crippen LogP contribution is 2.55. The van der Waals surface area contributed by atoms with Crippen molar-refractivity contribution in [3.8, 4) is 0 Å². The van der Waals surface area contributed by atoms with Gasteiger partial charge in [-0.3, -0.25) is 4.67 Å². The molecule has 10 heavy (non-hydrogen) atoms. The Morgan fingerprint density at radius 2 is 2.40 bits per heavy atom. The van der Waals surface area contributed by atoms with Gasteiger partial charge in [-0.15, -0.1) is 0 Å². The monoisotopic (exact) mass is 157 g/mol. The van der Waals surface area contributed by atoms with Gasteiger partial charge in [0.15, 0.2) is 0 Å². The van der Waals surface area contributed by atoms with Gasteiger partial charge in [0.25, 0.3) is 0 Å². The zero-order valence-corrected chi connectivity index (χ0v) is 7.18. The minimum Gasteiger partial charge on any atom is -0.302 e. The number of hydrogen-bond acceptors (Lipinski definition) is 2. The van der Waals surface area contributed by atoms with Crippen LogP contribution in [0.3, 0.4) is 0 Å². The van der Waals surface area contributed by atoms with Crippen molar-refractivity contribution < 1.29 is 4.79 Å². The maximum Gasteiger partial charge on any atom is 0.137 e. The molecule has 0 aromatic heterocycles. The summed E-state index contributed by atoms with van der Waals surface area (Å²) in [6.45, 7) is 3.34. The second-order valence-electron chi connectivity index (χ2n) is 3.42. The first-order valence-electron chi connectivity index (χ1n) is 3.72. The molecule has 0 amide bonds. The van der Waals surface area contributed by atoms with Crippen molar-refractivity contribution in [1.29, 1.82) is 0 Å². The van der Waals surface area contributed by atoms with Crippen LogP contribution in [0.1, 0.15) is 6.92 Å². The standard InChI is InChI=1S/C7H12NOP/c1-4-5-2-8(10)6(3-9)7(4)5/h3-7H,2,10H2,1H3. The van der Waals surface area contributed by atoms with Crippen molar-refractivity contribution in [2.24, 2.45) is 17.8 Å². The van der Waals surface area contributed by atoms with Crippen molar-refractivity contribution in [1.82, 2.24) is 4.67 Å². The van der Waals surface area contributed by atoms with Crippen LogP contribution in [0.5, 0.6) is 0 Å². The third-order valence-electron chi connectivity index (χ3n) is 2.97. The van der Waals surface area contributed by atoms with Gasteiger partial charge in [-0.05, 0) is 17.8 Å². The van der Waals surface area contributed by atoms with E-state index in [0.717, 1.165) is 24.7 Å². The molecule has 0 aromatic rings. The molecule has 2 rings (SSSR count). The van der Waals surface area contributed by atoms with Gasteiger partial charge in [-0.2, -0.15) is 0 Å². The molecule has 3 heteroatoms. The quantitative estimate of drug-likeness (QED) is 0.409. The normalized spacial score (nSPS) is 52.6. The second kappa shape index (κ2) is 2.02. The third-order valence-corrected chi connectivity index (χ3v) is 3.53. The Morgan fingerprint density at radius 1 is 1.70 bits per heavy atom. The Bertz CT molecular complexity index is 173. The molecule has 0 spiro atoms. The van der Waals surface area contributed by atoms with E-state index >= 15 is 0 Å². The average molecular weight is 157 g/mol. The van der Waals surface area contributed by atoms with E-state index in [0.29, 0.717) is 5.92 Å². The Morgan fingerprint density at radius 3 is 2.80 bits per heavy atom. The minimum absolute atomic E-state index is 0.199. The minimum atomic E-state index is 0.199. The summed E-state index contributed by atoms with van der Waals surface area (Å²) in [5.41, 5.74) is 0. The highest BCUT2D eigenvalue weighted by Gasteiger charge is 2.57. The number of fused-ring (bicyclic) bond motifs is 1. The number of nitrogens with zero attached hydrogens (tertiary/aromatic N) is 1. The Balaban J connectivity index is 2.10. The van der Waals surface area contributed by atoms with Crippen LogP contribution in [0.4, 0.5) is 0 Å². The number of rotatable bonds is 1. The van der Waals surface area contributed by atoms with Crippen LogP contribution in [0, 0.1) is 17.8 Å². The van der Waals surface area contributed by atoms with Crippen molar-refractivity contribution in [3.63, 3.8) is 0 Å². The first-order valence-corrected chi connectivity index (χ1v) is 4.24. The van der Waals surface area contributed by atoms with Gasteiger partial charge < -0.3 is 4.79 Å². The lowest BCUT2D eigenvalue weighted by Crippen LogP contribution is -2.26. The van der Waals surface area contributed by atoms with Crippen molar-refractivity contribution in [3.05, 3.63) is 0 Å². The Kier molecular flexibility index (Phi) is 1.37. The van der Waals surface area contributed by atoms with Crippen LogP contribution in [-0.4, -0.2) is 23.5 Å². The summed E-state index contributed by atoms with van der Waals surface area (Å²) in [6.07, 6.45) is 1.08. The molecule has 1 saturated heterocycles. The fourth-order valence-corrected chi connectivity index (χ4v) is 2.70. The van der Waals surface area contributed by atoms with Gasteiger partial charge in [-0.1, -0.05) is 16.3 Å². The van der Waals surface area contributed by atoms with Crippen LogP contribution >= 0.6 is 9.39 Å². The van der Waals surface area contributed by atoms with Crippen molar-refractivity contribution in [2.45, 2.75) is 13.0 Å². The molecular formula is C7H12NOP. The molecule has 1 heterocycles. The van der Waals surface area contributed by atoms with E-state index in [2.05, 4.69) is 21.0 Å². The van der Waals surface area contributed by atoms with E-state index in [9.17, 15) is 4.79 Å². The van der Waals surface area contributed by atoms with Crippen LogP contribution in [0.15, 0.2) is 0 Å². The highest BCUT2D eigenvalue weighted by atomic mass is 31.0. The lowest BCUT2D eigenvalue weighted by atomic mass is 10.2. The summed E-state index contributed by atoms with van der Waals surface area (Å²) in [6, 6.07) is 0.199. The molecule has 1 aliphatic heterocycles. The number of aldehydes is 1. The number of carbonyl (C=O) groups is 1. The van der Waals surface area contributed by atoms with Crippen molar-refractivity contribution >= 4 is 15.7 Å². The van der Waals surface area contributed by atoms with E-state index in [4.69, 9.17) is 0 Å². The summed E-state index contributed by atoms with van der Waals surface area (Å²) in [7, 11) is 2.63. The summed E-state index contributed by atoms with van der Waals surface area (Å²) >= 11 is 0. The Labute approximate surface area is 63.2 Å². The smallest absolute Gasteiger partial charge is 0.137 e. The largest absolute Gasteiger partial charge is 0.302 e. The van der Waals surface area contributed by atoms with Gasteiger partial charge >= 0.3 is 0 Å². The van der Waals surface area contributed by atoms with E-state index < -0.39 is 0 Å². The predicted octanol–water partition coefficient (Wildman–Crippen LogP) is 0.542. The molecule has 2 fully saturated rings. The van der Waals surface area contributed by atoms with E-state index in [1.807, 2.05) is 0 Å². The molecule has 5 unspecified atom stereocenters. The molecular weight excluding hydrogens is 145 g/mol. The lowest BCUT2D eigenvalue weighted by Gasteiger charge is -2.17. The molecule has 0 aromatic carbocycles. The van der Waals surface area contributed by atoms with Crippen LogP contribution in [-0.2, 0) is 4.79 Å². The maximum atomic E-state index is 10.5. The van der Waals surface area contributed by atoms with E-state index in [-0.39, 0.29) is 6.04 Å². The molecule has 5 atom stereocenters. The zero-order valence-electron chi connectivity index (χ0n) is 6.03. The fraction of sp³-hybridized carbons (Fsp3) is 0.857. The van der Waals surface area contributed by atoms with Gasteiger partial charge in [-0.25, -0.2) is 0 Å². The number of hydrogen-bond donors (Lipinski definition) is 0. The predicted molar refractivity (Wildman–Crippen MR) is 42.4 cm³/mol. The molecule has 0 bridgehead atoms. The summed E-state index contributed by atoms with van der Waals surface area (Å²) in [5.74, 6) is 2.29. The average Bonchev–Trinajstić information content (AvgIpc) is 2.45. The Hall–Kier alpha value is 0.0600. The van der Waals surface area contributed by atoms with Gasteiger partial charge in [0.05, 0.1) is 6.04 Å². The summed E-state index contributed by atoms with van der Waals surface area (Å²) in [5, 5.41) is 0. The SMILES string of the molecule is CC1C2CN(P)C(C=O)C12. The molecule has 56 valence electrons. The maximum absolute atomic E-state index is 10.5. The lowest BCUT2D eigenvalue weighted by molar-refractivity contribution is -0.111. The molecule has 2 nitrogen and oxygen atoms in total. The molecule has 0 N–H and O–H groups in total. The number of carbonyl (C=O) groups excluding carboxylic acids is 1. The second-order valence-corrected chi connectivity index (χ2v) is 4.09. The third kappa shape index (κ3) is 0.694. The first kappa shape index (κ1) is 6.75. The van der Waals surface area contributed by atoms with Gasteiger partial charge in [0, 0.05) is 6.54 Å².